The molecule has 0 saturated carbocycles. The number of amides is 1. The number of hydrogen-bond acceptors (Lipinski definition) is 3. The lowest BCUT2D eigenvalue weighted by molar-refractivity contribution is -0.128. The zero-order valence-corrected chi connectivity index (χ0v) is 9.97. The second-order valence-electron chi connectivity index (χ2n) is 4.32. The number of carboxylic acid groups (broad SMARTS) is 1. The average molecular weight is 247 g/mol. The first-order valence-electron chi connectivity index (χ1n) is 5.65. The van der Waals surface area contributed by atoms with Crippen LogP contribution in [0.3, 0.4) is 0 Å². The third-order valence-corrected chi connectivity index (χ3v) is 3.01. The van der Waals surface area contributed by atoms with Crippen molar-refractivity contribution < 1.29 is 19.5 Å². The lowest BCUT2D eigenvalue weighted by Crippen LogP contribution is -2.39. The number of Topliss-reactive ketones (excluding diaryl/α,β-unsaturated/α-hetero) is 1. The largest absolute Gasteiger partial charge is 0.478 e. The number of ketones is 1. The Bertz CT molecular complexity index is 536. The van der Waals surface area contributed by atoms with Gasteiger partial charge in [-0.25, -0.2) is 4.79 Å². The summed E-state index contributed by atoms with van der Waals surface area (Å²) in [6.45, 7) is 2.13. The molecule has 0 bridgehead atoms. The van der Waals surface area contributed by atoms with E-state index in [1.54, 1.807) is 6.07 Å². The highest BCUT2D eigenvalue weighted by molar-refractivity contribution is 6.09. The molecule has 1 saturated heterocycles. The number of rotatable bonds is 2. The van der Waals surface area contributed by atoms with Crippen LogP contribution in [0.5, 0.6) is 0 Å². The maximum Gasteiger partial charge on any atom is 0.335 e. The summed E-state index contributed by atoms with van der Waals surface area (Å²) in [5.41, 5.74) is 1.54. The monoisotopic (exact) mass is 247 g/mol. The summed E-state index contributed by atoms with van der Waals surface area (Å²) in [5.74, 6) is -1.36. The minimum atomic E-state index is -1.03. The van der Waals surface area contributed by atoms with E-state index in [1.807, 2.05) is 6.92 Å². The van der Waals surface area contributed by atoms with Crippen LogP contribution in [0.1, 0.15) is 28.8 Å². The molecular formula is C13H13NO4. The fraction of sp³-hybridized carbons (Fsp3) is 0.308. The zero-order chi connectivity index (χ0) is 13.3. The van der Waals surface area contributed by atoms with Crippen molar-refractivity contribution >= 4 is 23.3 Å². The van der Waals surface area contributed by atoms with E-state index in [0.717, 1.165) is 5.56 Å². The molecule has 1 amide bonds. The molecule has 0 spiro atoms. The van der Waals surface area contributed by atoms with E-state index in [9.17, 15) is 14.4 Å². The van der Waals surface area contributed by atoms with Gasteiger partial charge in [-0.05, 0) is 24.6 Å². The van der Waals surface area contributed by atoms with E-state index in [2.05, 4.69) is 0 Å². The van der Waals surface area contributed by atoms with Gasteiger partial charge in [0.2, 0.25) is 5.91 Å². The van der Waals surface area contributed by atoms with E-state index in [0.29, 0.717) is 18.7 Å². The lowest BCUT2D eigenvalue weighted by atomic mass is 10.0. The normalized spacial score (nSPS) is 15.9. The van der Waals surface area contributed by atoms with Crippen LogP contribution in [0.4, 0.5) is 5.69 Å². The highest BCUT2D eigenvalue weighted by atomic mass is 16.4. The van der Waals surface area contributed by atoms with Crippen molar-refractivity contribution in [2.45, 2.75) is 19.8 Å². The lowest BCUT2D eigenvalue weighted by Gasteiger charge is -2.27. The Labute approximate surface area is 104 Å². The topological polar surface area (TPSA) is 74.7 Å². The molecule has 0 unspecified atom stereocenters. The second kappa shape index (κ2) is 4.60. The van der Waals surface area contributed by atoms with E-state index in [1.165, 1.54) is 17.0 Å². The highest BCUT2D eigenvalue weighted by Gasteiger charge is 2.26. The number of hydrogen-bond donors (Lipinski definition) is 1. The van der Waals surface area contributed by atoms with Crippen molar-refractivity contribution in [3.63, 3.8) is 0 Å². The third kappa shape index (κ3) is 2.25. The molecule has 2 rings (SSSR count). The molecule has 1 fully saturated rings. The van der Waals surface area contributed by atoms with Crippen molar-refractivity contribution in [3.8, 4) is 0 Å². The van der Waals surface area contributed by atoms with Crippen molar-refractivity contribution in [1.82, 2.24) is 0 Å². The Morgan fingerprint density at radius 1 is 1.33 bits per heavy atom. The molecule has 1 aromatic carbocycles. The summed E-state index contributed by atoms with van der Waals surface area (Å²) in [7, 11) is 0. The van der Waals surface area contributed by atoms with E-state index < -0.39 is 5.97 Å². The third-order valence-electron chi connectivity index (χ3n) is 3.01. The van der Waals surface area contributed by atoms with E-state index >= 15 is 0 Å². The fourth-order valence-electron chi connectivity index (χ4n) is 2.00. The molecule has 1 aliphatic heterocycles. The van der Waals surface area contributed by atoms with Gasteiger partial charge in [-0.3, -0.25) is 9.59 Å². The van der Waals surface area contributed by atoms with Gasteiger partial charge in [0.15, 0.2) is 0 Å². The summed E-state index contributed by atoms with van der Waals surface area (Å²) < 4.78 is 0. The molecule has 1 heterocycles. The summed E-state index contributed by atoms with van der Waals surface area (Å²) in [6.07, 6.45) is 0.221. The van der Waals surface area contributed by atoms with Gasteiger partial charge in [0.05, 0.1) is 12.0 Å². The van der Waals surface area contributed by atoms with Gasteiger partial charge in [0, 0.05) is 18.7 Å². The Kier molecular flexibility index (Phi) is 3.14. The zero-order valence-electron chi connectivity index (χ0n) is 9.97. The van der Waals surface area contributed by atoms with Crippen LogP contribution in [-0.2, 0) is 9.59 Å². The second-order valence-corrected chi connectivity index (χ2v) is 4.32. The van der Waals surface area contributed by atoms with Gasteiger partial charge in [0.1, 0.15) is 5.78 Å². The summed E-state index contributed by atoms with van der Waals surface area (Å²) in [6, 6.07) is 4.65. The summed E-state index contributed by atoms with van der Waals surface area (Å²) in [5, 5.41) is 8.95. The minimum absolute atomic E-state index is 0.0664. The predicted molar refractivity (Wildman–Crippen MR) is 64.7 cm³/mol. The number of piperidine rings is 1. The molecule has 5 heteroatoms. The van der Waals surface area contributed by atoms with Crippen LogP contribution in [0.2, 0.25) is 0 Å². The molecule has 0 aliphatic carbocycles. The van der Waals surface area contributed by atoms with Crippen molar-refractivity contribution in [1.29, 1.82) is 0 Å². The van der Waals surface area contributed by atoms with E-state index in [-0.39, 0.29) is 23.7 Å². The summed E-state index contributed by atoms with van der Waals surface area (Å²) in [4.78, 5) is 35.4. The number of carbonyl (C=O) groups excluding carboxylic acids is 2. The molecule has 1 aromatic rings. The first-order valence-corrected chi connectivity index (χ1v) is 5.65. The van der Waals surface area contributed by atoms with Crippen molar-refractivity contribution in [2.24, 2.45) is 0 Å². The maximum absolute atomic E-state index is 11.8. The number of aromatic carboxylic acids is 1. The van der Waals surface area contributed by atoms with Crippen LogP contribution in [-0.4, -0.2) is 29.3 Å². The number of nitrogens with zero attached hydrogens (tertiary/aromatic N) is 1. The maximum atomic E-state index is 11.8. The van der Waals surface area contributed by atoms with Gasteiger partial charge in [-0.15, -0.1) is 0 Å². The van der Waals surface area contributed by atoms with Crippen LogP contribution >= 0.6 is 0 Å². The van der Waals surface area contributed by atoms with Crippen molar-refractivity contribution in [3.05, 3.63) is 29.3 Å². The number of aryl methyl sites for hydroxylation is 1. The molecule has 1 aliphatic rings. The molecule has 1 N–H and O–H groups in total. The van der Waals surface area contributed by atoms with Gasteiger partial charge < -0.3 is 10.0 Å². The predicted octanol–water partition coefficient (Wildman–Crippen LogP) is 1.39. The quantitative estimate of drug-likeness (QED) is 0.801. The Morgan fingerprint density at radius 3 is 2.67 bits per heavy atom. The van der Waals surface area contributed by atoms with Gasteiger partial charge >= 0.3 is 5.97 Å². The molecule has 0 atom stereocenters. The summed E-state index contributed by atoms with van der Waals surface area (Å²) >= 11 is 0. The SMILES string of the molecule is Cc1ccc(C(=O)O)cc1N1CCC(=O)CC1=O. The Balaban J connectivity index is 2.38. The van der Waals surface area contributed by atoms with Crippen molar-refractivity contribution in [2.75, 3.05) is 11.4 Å². The number of benzene rings is 1. The number of carbonyl (C=O) groups is 3. The van der Waals surface area contributed by atoms with Gasteiger partial charge in [-0.2, -0.15) is 0 Å². The molecule has 0 aromatic heterocycles. The molecule has 0 radical (unpaired) electrons. The van der Waals surface area contributed by atoms with Crippen LogP contribution in [0, 0.1) is 6.92 Å². The number of carboxylic acids is 1. The molecular weight excluding hydrogens is 234 g/mol. The standard InChI is InChI=1S/C13H13NO4/c1-8-2-3-9(13(17)18)6-11(8)14-5-4-10(15)7-12(14)16/h2-3,6H,4-5,7H2,1H3,(H,17,18). The first kappa shape index (κ1) is 12.3. The molecule has 18 heavy (non-hydrogen) atoms. The fourth-order valence-corrected chi connectivity index (χ4v) is 2.00. The Hall–Kier alpha value is -2.17. The van der Waals surface area contributed by atoms with Crippen LogP contribution in [0.25, 0.3) is 0 Å². The first-order chi connectivity index (χ1) is 8.49. The Morgan fingerprint density at radius 2 is 2.06 bits per heavy atom. The molecule has 5 nitrogen and oxygen atoms in total. The molecule has 94 valence electrons. The van der Waals surface area contributed by atoms with Crippen LogP contribution < -0.4 is 4.90 Å². The van der Waals surface area contributed by atoms with E-state index in [4.69, 9.17) is 5.11 Å². The number of anilines is 1. The highest BCUT2D eigenvalue weighted by Crippen LogP contribution is 2.25. The van der Waals surface area contributed by atoms with Gasteiger partial charge in [-0.1, -0.05) is 6.07 Å². The smallest absolute Gasteiger partial charge is 0.335 e. The minimum Gasteiger partial charge on any atom is -0.478 e. The average Bonchev–Trinajstić information content (AvgIpc) is 2.30. The van der Waals surface area contributed by atoms with Gasteiger partial charge in [0.25, 0.3) is 0 Å². The van der Waals surface area contributed by atoms with Crippen LogP contribution in [0.15, 0.2) is 18.2 Å².